The van der Waals surface area contributed by atoms with E-state index in [0.29, 0.717) is 6.04 Å². The van der Waals surface area contributed by atoms with E-state index in [1.807, 2.05) is 17.5 Å². The van der Waals surface area contributed by atoms with Crippen LogP contribution in [0.5, 0.6) is 0 Å². The van der Waals surface area contributed by atoms with Crippen molar-refractivity contribution in [1.82, 2.24) is 9.80 Å². The molecule has 0 spiro atoms. The highest BCUT2D eigenvalue weighted by atomic mass is 32.1. The molecule has 0 aliphatic carbocycles. The van der Waals surface area contributed by atoms with Gasteiger partial charge < -0.3 is 9.80 Å². The highest BCUT2D eigenvalue weighted by molar-refractivity contribution is 7.12. The summed E-state index contributed by atoms with van der Waals surface area (Å²) >= 11 is 1.54. The van der Waals surface area contributed by atoms with Crippen molar-refractivity contribution in [1.29, 1.82) is 0 Å². The molecule has 1 aromatic heterocycles. The third-order valence-corrected chi connectivity index (χ3v) is 6.53. The van der Waals surface area contributed by atoms with Crippen molar-refractivity contribution < 1.29 is 4.79 Å². The molecule has 1 aromatic carbocycles. The zero-order chi connectivity index (χ0) is 15.9. The molecule has 2 atom stereocenters. The maximum Gasteiger partial charge on any atom is 0.263 e. The lowest BCUT2D eigenvalue weighted by Crippen LogP contribution is -2.56. The van der Waals surface area contributed by atoms with E-state index in [0.717, 1.165) is 30.9 Å². The van der Waals surface area contributed by atoms with Gasteiger partial charge in [0.15, 0.2) is 0 Å². The van der Waals surface area contributed by atoms with Gasteiger partial charge in [0.05, 0.1) is 4.88 Å². The van der Waals surface area contributed by atoms with Gasteiger partial charge in [0.1, 0.15) is 0 Å². The number of carbonyl (C=O) groups is 1. The Bertz CT molecular complexity index is 685. The number of benzene rings is 1. The number of rotatable bonds is 2. The molecular weight excluding hydrogens is 304 g/mol. The Labute approximate surface area is 141 Å². The molecule has 120 valence electrons. The van der Waals surface area contributed by atoms with Crippen LogP contribution < -0.4 is 0 Å². The number of piperidine rings is 1. The number of carbonyl (C=O) groups excluding carboxylic acids is 1. The fourth-order valence-electron chi connectivity index (χ4n) is 4.35. The summed E-state index contributed by atoms with van der Waals surface area (Å²) in [6.45, 7) is 2.80. The lowest BCUT2D eigenvalue weighted by Gasteiger charge is -2.46. The van der Waals surface area contributed by atoms with E-state index in [1.165, 1.54) is 12.0 Å². The van der Waals surface area contributed by atoms with E-state index in [9.17, 15) is 4.79 Å². The van der Waals surface area contributed by atoms with Gasteiger partial charge >= 0.3 is 0 Å². The largest absolute Gasteiger partial charge is 0.336 e. The standard InChI is InChI=1S/C19H22N2OS/c1-20-11-9-19(15-6-3-2-4-7-15)10-12-21(14-17(19)20)18(22)16-8-5-13-23-16/h2-8,13,17H,9-12,14H2,1H3/t17-,19-/m0/s1. The summed E-state index contributed by atoms with van der Waals surface area (Å²) in [6.07, 6.45) is 2.25. The van der Waals surface area contributed by atoms with Crippen molar-refractivity contribution in [2.75, 3.05) is 26.7 Å². The minimum atomic E-state index is 0.196. The lowest BCUT2D eigenvalue weighted by atomic mass is 9.69. The van der Waals surface area contributed by atoms with Gasteiger partial charge in [0, 0.05) is 24.5 Å². The molecular formula is C19H22N2OS. The van der Waals surface area contributed by atoms with Crippen LogP contribution in [0.25, 0.3) is 0 Å². The monoisotopic (exact) mass is 326 g/mol. The van der Waals surface area contributed by atoms with Gasteiger partial charge in [-0.05, 0) is 43.4 Å². The molecule has 2 aliphatic heterocycles. The number of likely N-dealkylation sites (tertiary alicyclic amines) is 2. The average Bonchev–Trinajstić information content (AvgIpc) is 3.24. The van der Waals surface area contributed by atoms with Crippen LogP contribution in [0.3, 0.4) is 0 Å². The number of hydrogen-bond donors (Lipinski definition) is 0. The second-order valence-corrected chi connectivity index (χ2v) is 7.69. The Kier molecular flexibility index (Phi) is 3.74. The molecule has 23 heavy (non-hydrogen) atoms. The number of thiophene rings is 1. The summed E-state index contributed by atoms with van der Waals surface area (Å²) < 4.78 is 0. The van der Waals surface area contributed by atoms with Crippen molar-refractivity contribution in [2.24, 2.45) is 0 Å². The number of fused-ring (bicyclic) bond motifs is 1. The zero-order valence-corrected chi connectivity index (χ0v) is 14.3. The van der Waals surface area contributed by atoms with Gasteiger partial charge in [-0.3, -0.25) is 4.79 Å². The predicted octanol–water partition coefficient (Wildman–Crippen LogP) is 3.24. The molecule has 4 rings (SSSR count). The zero-order valence-electron chi connectivity index (χ0n) is 13.4. The highest BCUT2D eigenvalue weighted by Crippen LogP contribution is 2.45. The van der Waals surface area contributed by atoms with E-state index in [2.05, 4.69) is 47.2 Å². The predicted molar refractivity (Wildman–Crippen MR) is 94.0 cm³/mol. The fraction of sp³-hybridized carbons (Fsp3) is 0.421. The second-order valence-electron chi connectivity index (χ2n) is 6.75. The third kappa shape index (κ3) is 2.41. The van der Waals surface area contributed by atoms with Crippen molar-refractivity contribution in [3.8, 4) is 0 Å². The van der Waals surface area contributed by atoms with Gasteiger partial charge in [-0.15, -0.1) is 11.3 Å². The van der Waals surface area contributed by atoms with Gasteiger partial charge in [0.25, 0.3) is 5.91 Å². The van der Waals surface area contributed by atoms with Crippen molar-refractivity contribution in [3.63, 3.8) is 0 Å². The first-order valence-corrected chi connectivity index (χ1v) is 9.17. The summed E-state index contributed by atoms with van der Waals surface area (Å²) in [5.41, 5.74) is 1.65. The molecule has 0 saturated carbocycles. The summed E-state index contributed by atoms with van der Waals surface area (Å²) in [4.78, 5) is 18.1. The Morgan fingerprint density at radius 2 is 1.91 bits per heavy atom. The molecule has 3 heterocycles. The molecule has 2 fully saturated rings. The summed E-state index contributed by atoms with van der Waals surface area (Å²) in [5.74, 6) is 0.196. The minimum absolute atomic E-state index is 0.196. The first-order chi connectivity index (χ1) is 11.2. The van der Waals surface area contributed by atoms with Gasteiger partial charge in [-0.1, -0.05) is 36.4 Å². The molecule has 1 amide bonds. The fourth-order valence-corrected chi connectivity index (χ4v) is 5.04. The quantitative estimate of drug-likeness (QED) is 0.846. The Morgan fingerprint density at radius 3 is 2.65 bits per heavy atom. The molecule has 4 heteroatoms. The highest BCUT2D eigenvalue weighted by Gasteiger charge is 2.50. The number of amides is 1. The Balaban J connectivity index is 1.62. The molecule has 0 bridgehead atoms. The van der Waals surface area contributed by atoms with Crippen LogP contribution >= 0.6 is 11.3 Å². The van der Waals surface area contributed by atoms with Crippen LogP contribution in [0.2, 0.25) is 0 Å². The SMILES string of the molecule is CN1CC[C@@]2(c3ccccc3)CCN(C(=O)c3cccs3)C[C@H]12. The van der Waals surface area contributed by atoms with Crippen molar-refractivity contribution in [3.05, 3.63) is 58.3 Å². The van der Waals surface area contributed by atoms with Gasteiger partial charge in [-0.2, -0.15) is 0 Å². The van der Waals surface area contributed by atoms with Crippen LogP contribution in [0.4, 0.5) is 0 Å². The minimum Gasteiger partial charge on any atom is -0.336 e. The van der Waals surface area contributed by atoms with E-state index < -0.39 is 0 Å². The topological polar surface area (TPSA) is 23.6 Å². The van der Waals surface area contributed by atoms with Crippen LogP contribution in [-0.2, 0) is 5.41 Å². The third-order valence-electron chi connectivity index (χ3n) is 5.67. The molecule has 0 N–H and O–H groups in total. The lowest BCUT2D eigenvalue weighted by molar-refractivity contribution is 0.0558. The van der Waals surface area contributed by atoms with E-state index >= 15 is 0 Å². The smallest absolute Gasteiger partial charge is 0.263 e. The second kappa shape index (κ2) is 5.77. The van der Waals surface area contributed by atoms with E-state index in [1.54, 1.807) is 11.3 Å². The first kappa shape index (κ1) is 14.9. The molecule has 2 aromatic rings. The Hall–Kier alpha value is -1.65. The van der Waals surface area contributed by atoms with Gasteiger partial charge in [0.2, 0.25) is 0 Å². The molecule has 0 unspecified atom stereocenters. The Morgan fingerprint density at radius 1 is 1.13 bits per heavy atom. The summed E-state index contributed by atoms with van der Waals surface area (Å²) in [6, 6.07) is 15.2. The van der Waals surface area contributed by atoms with E-state index in [-0.39, 0.29) is 11.3 Å². The molecule has 0 radical (unpaired) electrons. The van der Waals surface area contributed by atoms with Gasteiger partial charge in [-0.25, -0.2) is 0 Å². The number of nitrogens with zero attached hydrogens (tertiary/aromatic N) is 2. The average molecular weight is 326 g/mol. The van der Waals surface area contributed by atoms with Crippen molar-refractivity contribution >= 4 is 17.2 Å². The summed E-state index contributed by atoms with van der Waals surface area (Å²) in [7, 11) is 2.20. The maximum absolute atomic E-state index is 12.7. The van der Waals surface area contributed by atoms with Crippen LogP contribution in [0.1, 0.15) is 28.1 Å². The van der Waals surface area contributed by atoms with Crippen LogP contribution in [0.15, 0.2) is 47.8 Å². The number of likely N-dealkylation sites (N-methyl/N-ethyl adjacent to an activating group) is 1. The van der Waals surface area contributed by atoms with Crippen LogP contribution in [-0.4, -0.2) is 48.4 Å². The van der Waals surface area contributed by atoms with E-state index in [4.69, 9.17) is 0 Å². The molecule has 2 saturated heterocycles. The summed E-state index contributed by atoms with van der Waals surface area (Å²) in [5, 5.41) is 1.98. The molecule has 2 aliphatic rings. The molecule has 3 nitrogen and oxygen atoms in total. The number of hydrogen-bond acceptors (Lipinski definition) is 3. The maximum atomic E-state index is 12.7. The first-order valence-electron chi connectivity index (χ1n) is 8.29. The normalized spacial score (nSPS) is 27.9. The van der Waals surface area contributed by atoms with Crippen molar-refractivity contribution in [2.45, 2.75) is 24.3 Å². The van der Waals surface area contributed by atoms with Crippen LogP contribution in [0, 0.1) is 0 Å².